The minimum absolute atomic E-state index is 0. The van der Waals surface area contributed by atoms with E-state index in [1.807, 2.05) is 18.2 Å². The van der Waals surface area contributed by atoms with Gasteiger partial charge in [-0.05, 0) is 37.0 Å². The molecule has 21 heavy (non-hydrogen) atoms. The Labute approximate surface area is 144 Å². The number of hydrogen-bond acceptors (Lipinski definition) is 2. The van der Waals surface area contributed by atoms with E-state index in [0.29, 0.717) is 6.54 Å². The molecule has 0 amide bonds. The van der Waals surface area contributed by atoms with E-state index in [9.17, 15) is 0 Å². The lowest BCUT2D eigenvalue weighted by molar-refractivity contribution is 0.414. The van der Waals surface area contributed by atoms with E-state index >= 15 is 0 Å². The van der Waals surface area contributed by atoms with Crippen molar-refractivity contribution < 1.29 is 4.74 Å². The fourth-order valence-corrected chi connectivity index (χ4v) is 2.08. The van der Waals surface area contributed by atoms with E-state index in [4.69, 9.17) is 4.74 Å². The van der Waals surface area contributed by atoms with Crippen LogP contribution in [0.1, 0.15) is 31.7 Å². The van der Waals surface area contributed by atoms with E-state index in [2.05, 4.69) is 28.6 Å². The normalized spacial score (nSPS) is 14.3. The van der Waals surface area contributed by atoms with E-state index in [1.54, 1.807) is 7.11 Å². The molecule has 0 radical (unpaired) electrons. The smallest absolute Gasteiger partial charge is 0.191 e. The van der Waals surface area contributed by atoms with Crippen molar-refractivity contribution in [2.45, 2.75) is 32.7 Å². The molecule has 0 atom stereocenters. The summed E-state index contributed by atoms with van der Waals surface area (Å²) in [6, 6.07) is 8.04. The van der Waals surface area contributed by atoms with Gasteiger partial charge in [-0.25, -0.2) is 4.99 Å². The molecule has 118 valence electrons. The third-order valence-corrected chi connectivity index (χ3v) is 3.44. The van der Waals surface area contributed by atoms with Gasteiger partial charge in [0, 0.05) is 13.1 Å². The van der Waals surface area contributed by atoms with Gasteiger partial charge in [0.2, 0.25) is 0 Å². The van der Waals surface area contributed by atoms with Crippen LogP contribution in [0.15, 0.2) is 29.3 Å². The van der Waals surface area contributed by atoms with E-state index in [0.717, 1.165) is 36.3 Å². The highest BCUT2D eigenvalue weighted by Gasteiger charge is 2.20. The van der Waals surface area contributed by atoms with Crippen LogP contribution in [0.2, 0.25) is 0 Å². The molecule has 5 heteroatoms. The number of hydrogen-bond donors (Lipinski definition) is 2. The first-order valence-corrected chi connectivity index (χ1v) is 7.47. The standard InChI is InChI=1S/C16H25N3O.HI/c1-3-17-16(18-10-9-13-7-8-13)19-12-14-5-4-6-15(11-14)20-2;/h4-6,11,13H,3,7-10,12H2,1-2H3,(H2,17,18,19);1H. The molecule has 1 aliphatic rings. The highest BCUT2D eigenvalue weighted by atomic mass is 127. The molecule has 4 nitrogen and oxygen atoms in total. The van der Waals surface area contributed by atoms with Crippen LogP contribution in [0.5, 0.6) is 5.75 Å². The van der Waals surface area contributed by atoms with Crippen molar-refractivity contribution >= 4 is 29.9 Å². The maximum absolute atomic E-state index is 5.23. The molecule has 0 unspecified atom stereocenters. The summed E-state index contributed by atoms with van der Waals surface area (Å²) in [6.07, 6.45) is 4.06. The quantitative estimate of drug-likeness (QED) is 0.418. The highest BCUT2D eigenvalue weighted by molar-refractivity contribution is 14.0. The maximum Gasteiger partial charge on any atom is 0.191 e. The molecule has 1 aromatic rings. The number of aliphatic imine (C=N–C) groups is 1. The van der Waals surface area contributed by atoms with Crippen LogP contribution in [0.4, 0.5) is 0 Å². The fourth-order valence-electron chi connectivity index (χ4n) is 2.08. The Morgan fingerprint density at radius 2 is 2.14 bits per heavy atom. The van der Waals surface area contributed by atoms with Crippen molar-refractivity contribution in [1.82, 2.24) is 10.6 Å². The molecular formula is C16H26IN3O. The van der Waals surface area contributed by atoms with Crippen molar-refractivity contribution in [3.8, 4) is 5.75 Å². The monoisotopic (exact) mass is 403 g/mol. The fraction of sp³-hybridized carbons (Fsp3) is 0.562. The second-order valence-electron chi connectivity index (χ2n) is 5.21. The van der Waals surface area contributed by atoms with Gasteiger partial charge in [0.05, 0.1) is 13.7 Å². The van der Waals surface area contributed by atoms with Crippen molar-refractivity contribution in [1.29, 1.82) is 0 Å². The van der Waals surface area contributed by atoms with Gasteiger partial charge in [-0.2, -0.15) is 0 Å². The minimum Gasteiger partial charge on any atom is -0.497 e. The van der Waals surface area contributed by atoms with E-state index in [-0.39, 0.29) is 24.0 Å². The van der Waals surface area contributed by atoms with Gasteiger partial charge in [0.25, 0.3) is 0 Å². The molecule has 0 aliphatic heterocycles. The van der Waals surface area contributed by atoms with Crippen LogP contribution in [0.25, 0.3) is 0 Å². The third-order valence-electron chi connectivity index (χ3n) is 3.44. The van der Waals surface area contributed by atoms with Crippen molar-refractivity contribution in [3.05, 3.63) is 29.8 Å². The van der Waals surface area contributed by atoms with Gasteiger partial charge in [-0.1, -0.05) is 25.0 Å². The summed E-state index contributed by atoms with van der Waals surface area (Å²) < 4.78 is 5.23. The second kappa shape index (κ2) is 9.87. The molecule has 2 N–H and O–H groups in total. The molecule has 0 heterocycles. The average Bonchev–Trinajstić information content (AvgIpc) is 3.29. The molecule has 1 aromatic carbocycles. The van der Waals surface area contributed by atoms with E-state index < -0.39 is 0 Å². The summed E-state index contributed by atoms with van der Waals surface area (Å²) >= 11 is 0. The lowest BCUT2D eigenvalue weighted by atomic mass is 10.2. The van der Waals surface area contributed by atoms with Gasteiger partial charge in [-0.3, -0.25) is 0 Å². The number of guanidine groups is 1. The van der Waals surface area contributed by atoms with Crippen LogP contribution in [-0.4, -0.2) is 26.2 Å². The Hall–Kier alpha value is -0.980. The molecule has 1 fully saturated rings. The number of nitrogens with zero attached hydrogens (tertiary/aromatic N) is 1. The van der Waals surface area contributed by atoms with Crippen molar-refractivity contribution in [2.24, 2.45) is 10.9 Å². The zero-order chi connectivity index (χ0) is 14.2. The molecule has 0 aromatic heterocycles. The Bertz CT molecular complexity index is 447. The molecule has 1 aliphatic carbocycles. The first-order chi connectivity index (χ1) is 9.81. The van der Waals surface area contributed by atoms with Gasteiger partial charge in [0.1, 0.15) is 5.75 Å². The van der Waals surface area contributed by atoms with Crippen LogP contribution in [-0.2, 0) is 6.54 Å². The van der Waals surface area contributed by atoms with Crippen LogP contribution >= 0.6 is 24.0 Å². The second-order valence-corrected chi connectivity index (χ2v) is 5.21. The highest BCUT2D eigenvalue weighted by Crippen LogP contribution is 2.31. The van der Waals surface area contributed by atoms with Gasteiger partial charge >= 0.3 is 0 Å². The largest absolute Gasteiger partial charge is 0.497 e. The molecule has 0 bridgehead atoms. The summed E-state index contributed by atoms with van der Waals surface area (Å²) in [5.74, 6) is 2.73. The number of ether oxygens (including phenoxy) is 1. The Morgan fingerprint density at radius 3 is 2.81 bits per heavy atom. The molecule has 2 rings (SSSR count). The number of halogens is 1. The molecule has 0 saturated heterocycles. The number of methoxy groups -OCH3 is 1. The predicted molar refractivity (Wildman–Crippen MR) is 98.6 cm³/mol. The molecule has 0 spiro atoms. The Morgan fingerprint density at radius 1 is 1.33 bits per heavy atom. The first-order valence-electron chi connectivity index (χ1n) is 7.47. The summed E-state index contributed by atoms with van der Waals surface area (Å²) in [4.78, 5) is 4.62. The average molecular weight is 403 g/mol. The number of rotatable bonds is 7. The summed E-state index contributed by atoms with van der Waals surface area (Å²) in [6.45, 7) is 4.64. The van der Waals surface area contributed by atoms with Crippen molar-refractivity contribution in [2.75, 3.05) is 20.2 Å². The topological polar surface area (TPSA) is 45.7 Å². The van der Waals surface area contributed by atoms with E-state index in [1.165, 1.54) is 19.3 Å². The number of nitrogens with one attached hydrogen (secondary N) is 2. The van der Waals surface area contributed by atoms with Crippen LogP contribution < -0.4 is 15.4 Å². The Kier molecular flexibility index (Phi) is 8.49. The Balaban J connectivity index is 0.00000220. The van der Waals surface area contributed by atoms with Gasteiger partial charge < -0.3 is 15.4 Å². The SMILES string of the molecule is CCNC(=NCc1cccc(OC)c1)NCCC1CC1.I. The van der Waals surface area contributed by atoms with Crippen LogP contribution in [0.3, 0.4) is 0 Å². The van der Waals surface area contributed by atoms with Crippen LogP contribution in [0, 0.1) is 5.92 Å². The van der Waals surface area contributed by atoms with Gasteiger partial charge in [0.15, 0.2) is 5.96 Å². The zero-order valence-corrected chi connectivity index (χ0v) is 15.2. The minimum atomic E-state index is 0. The molecule has 1 saturated carbocycles. The summed E-state index contributed by atoms with van der Waals surface area (Å²) in [5, 5.41) is 6.68. The summed E-state index contributed by atoms with van der Waals surface area (Å²) in [7, 11) is 1.69. The molecular weight excluding hydrogens is 377 g/mol. The predicted octanol–water partition coefficient (Wildman–Crippen LogP) is 3.17. The lowest BCUT2D eigenvalue weighted by Crippen LogP contribution is -2.37. The number of benzene rings is 1. The summed E-state index contributed by atoms with van der Waals surface area (Å²) in [5.41, 5.74) is 1.16. The van der Waals surface area contributed by atoms with Gasteiger partial charge in [-0.15, -0.1) is 24.0 Å². The first kappa shape index (κ1) is 18.1. The lowest BCUT2D eigenvalue weighted by Gasteiger charge is -2.11. The van der Waals surface area contributed by atoms with Crippen molar-refractivity contribution in [3.63, 3.8) is 0 Å². The third kappa shape index (κ3) is 7.02. The zero-order valence-electron chi connectivity index (χ0n) is 12.9. The maximum atomic E-state index is 5.23.